The number of esters is 1. The lowest BCUT2D eigenvalue weighted by atomic mass is 9.99. The Labute approximate surface area is 135 Å². The number of rotatable bonds is 6. The van der Waals surface area contributed by atoms with Crippen molar-refractivity contribution in [3.05, 3.63) is 48.6 Å². The molecular weight excluding hydrogens is 300 g/mol. The van der Waals surface area contributed by atoms with E-state index >= 15 is 0 Å². The summed E-state index contributed by atoms with van der Waals surface area (Å²) in [6, 6.07) is 8.53. The Morgan fingerprint density at radius 2 is 2.04 bits per heavy atom. The average Bonchev–Trinajstić information content (AvgIpc) is 2.56. The number of ether oxygens (including phenoxy) is 4. The Morgan fingerprint density at radius 1 is 1.35 bits per heavy atom. The summed E-state index contributed by atoms with van der Waals surface area (Å²) in [7, 11) is 1.47. The van der Waals surface area contributed by atoms with Crippen molar-refractivity contribution >= 4 is 5.97 Å². The number of methoxy groups -OCH3 is 1. The van der Waals surface area contributed by atoms with Gasteiger partial charge in [-0.25, -0.2) is 4.79 Å². The van der Waals surface area contributed by atoms with Crippen LogP contribution in [0.25, 0.3) is 0 Å². The molecule has 0 aromatic heterocycles. The summed E-state index contributed by atoms with van der Waals surface area (Å²) in [6.45, 7) is 5.54. The normalized spacial score (nSPS) is 30.7. The Kier molecular flexibility index (Phi) is 6.29. The molecule has 6 heteroatoms. The van der Waals surface area contributed by atoms with Gasteiger partial charge in [-0.05, 0) is 19.1 Å². The van der Waals surface area contributed by atoms with Crippen LogP contribution in [0.5, 0.6) is 0 Å². The molecule has 0 spiro atoms. The Morgan fingerprint density at radius 3 is 2.65 bits per heavy atom. The molecule has 0 bridgehead atoms. The van der Waals surface area contributed by atoms with Crippen molar-refractivity contribution in [1.82, 2.24) is 0 Å². The van der Waals surface area contributed by atoms with E-state index in [1.54, 1.807) is 43.3 Å². The molecule has 0 saturated carbocycles. The predicted octanol–water partition coefficient (Wildman–Crippen LogP) is 1.54. The molecule has 1 N–H and O–H groups in total. The van der Waals surface area contributed by atoms with Gasteiger partial charge in [0.2, 0.25) is 0 Å². The summed E-state index contributed by atoms with van der Waals surface area (Å²) in [5, 5.41) is 10.5. The monoisotopic (exact) mass is 322 g/mol. The van der Waals surface area contributed by atoms with Gasteiger partial charge in [0.25, 0.3) is 0 Å². The van der Waals surface area contributed by atoms with E-state index in [0.29, 0.717) is 5.56 Å². The second kappa shape index (κ2) is 8.21. The number of carbonyl (C=O) groups excluding carboxylic acids is 1. The van der Waals surface area contributed by atoms with Gasteiger partial charge < -0.3 is 24.1 Å². The van der Waals surface area contributed by atoms with E-state index in [4.69, 9.17) is 18.9 Å². The summed E-state index contributed by atoms with van der Waals surface area (Å²) in [6.07, 6.45) is -2.42. The summed E-state index contributed by atoms with van der Waals surface area (Å²) in [5.74, 6) is -0.560. The molecular formula is C17H22O6. The van der Waals surface area contributed by atoms with E-state index in [1.165, 1.54) is 7.11 Å². The quantitative estimate of drug-likeness (QED) is 0.632. The number of carbonyl (C=O) groups is 1. The first-order valence-electron chi connectivity index (χ1n) is 7.43. The summed E-state index contributed by atoms with van der Waals surface area (Å²) < 4.78 is 21.8. The third-order valence-corrected chi connectivity index (χ3v) is 3.66. The van der Waals surface area contributed by atoms with Crippen LogP contribution >= 0.6 is 0 Å². The topological polar surface area (TPSA) is 74.2 Å². The van der Waals surface area contributed by atoms with Gasteiger partial charge in [-0.2, -0.15) is 0 Å². The van der Waals surface area contributed by atoms with Crippen LogP contribution < -0.4 is 0 Å². The molecule has 0 amide bonds. The number of hydrogen-bond acceptors (Lipinski definition) is 6. The number of hydrogen-bond donors (Lipinski definition) is 1. The Balaban J connectivity index is 2.15. The minimum Gasteiger partial charge on any atom is -0.450 e. The van der Waals surface area contributed by atoms with Gasteiger partial charge in [-0.15, -0.1) is 6.58 Å². The molecule has 2 rings (SSSR count). The largest absolute Gasteiger partial charge is 0.450 e. The van der Waals surface area contributed by atoms with Gasteiger partial charge in [-0.1, -0.05) is 24.3 Å². The van der Waals surface area contributed by atoms with Gasteiger partial charge in [-0.3, -0.25) is 0 Å². The maximum Gasteiger partial charge on any atom is 0.338 e. The number of benzene rings is 1. The molecule has 6 nitrogen and oxygen atoms in total. The maximum atomic E-state index is 12.2. The van der Waals surface area contributed by atoms with Crippen LogP contribution in [0.2, 0.25) is 0 Å². The highest BCUT2D eigenvalue weighted by atomic mass is 16.7. The predicted molar refractivity (Wildman–Crippen MR) is 82.9 cm³/mol. The highest BCUT2D eigenvalue weighted by molar-refractivity contribution is 5.89. The molecule has 1 heterocycles. The first-order chi connectivity index (χ1) is 11.1. The Bertz CT molecular complexity index is 517. The second-order valence-corrected chi connectivity index (χ2v) is 5.26. The third-order valence-electron chi connectivity index (χ3n) is 3.66. The summed E-state index contributed by atoms with van der Waals surface area (Å²) in [4.78, 5) is 12.2. The van der Waals surface area contributed by atoms with Gasteiger partial charge in [0, 0.05) is 7.11 Å². The van der Waals surface area contributed by atoms with Crippen molar-refractivity contribution in [3.8, 4) is 0 Å². The van der Waals surface area contributed by atoms with Crippen molar-refractivity contribution in [2.75, 3.05) is 13.7 Å². The van der Waals surface area contributed by atoms with Crippen molar-refractivity contribution in [2.45, 2.75) is 37.6 Å². The van der Waals surface area contributed by atoms with E-state index in [-0.39, 0.29) is 6.61 Å². The van der Waals surface area contributed by atoms with E-state index in [1.807, 2.05) is 0 Å². The van der Waals surface area contributed by atoms with Crippen LogP contribution in [0.4, 0.5) is 0 Å². The smallest absolute Gasteiger partial charge is 0.338 e. The third kappa shape index (κ3) is 4.17. The molecule has 1 aliphatic rings. The number of aliphatic hydroxyl groups excluding tert-OH is 1. The zero-order valence-electron chi connectivity index (χ0n) is 13.3. The molecule has 1 aromatic carbocycles. The summed E-state index contributed by atoms with van der Waals surface area (Å²) >= 11 is 0. The fraction of sp³-hybridized carbons (Fsp3) is 0.471. The fourth-order valence-corrected chi connectivity index (χ4v) is 2.51. The van der Waals surface area contributed by atoms with E-state index < -0.39 is 36.7 Å². The van der Waals surface area contributed by atoms with Crippen LogP contribution in [0.15, 0.2) is 43.0 Å². The lowest BCUT2D eigenvalue weighted by Crippen LogP contribution is -2.59. The fourth-order valence-electron chi connectivity index (χ4n) is 2.51. The molecule has 0 aliphatic carbocycles. The van der Waals surface area contributed by atoms with Gasteiger partial charge in [0.05, 0.1) is 18.3 Å². The van der Waals surface area contributed by atoms with Crippen molar-refractivity contribution in [3.63, 3.8) is 0 Å². The molecule has 126 valence electrons. The van der Waals surface area contributed by atoms with Crippen LogP contribution in [0.1, 0.15) is 17.3 Å². The first kappa shape index (κ1) is 17.6. The highest BCUT2D eigenvalue weighted by Gasteiger charge is 2.46. The van der Waals surface area contributed by atoms with E-state index in [9.17, 15) is 9.90 Å². The minimum atomic E-state index is -1.06. The highest BCUT2D eigenvalue weighted by Crippen LogP contribution is 2.26. The molecule has 0 radical (unpaired) electrons. The van der Waals surface area contributed by atoms with Gasteiger partial charge >= 0.3 is 5.97 Å². The van der Waals surface area contributed by atoms with Crippen LogP contribution in [-0.2, 0) is 18.9 Å². The molecule has 1 saturated heterocycles. The maximum absolute atomic E-state index is 12.2. The van der Waals surface area contributed by atoms with Gasteiger partial charge in [0.1, 0.15) is 12.2 Å². The average molecular weight is 322 g/mol. The second-order valence-electron chi connectivity index (χ2n) is 5.26. The lowest BCUT2D eigenvalue weighted by Gasteiger charge is -2.42. The van der Waals surface area contributed by atoms with Crippen LogP contribution in [0, 0.1) is 0 Å². The summed E-state index contributed by atoms with van der Waals surface area (Å²) in [5.41, 5.74) is 0.384. The lowest BCUT2D eigenvalue weighted by molar-refractivity contribution is -0.292. The van der Waals surface area contributed by atoms with Gasteiger partial charge in [0.15, 0.2) is 12.4 Å². The van der Waals surface area contributed by atoms with Crippen molar-refractivity contribution in [1.29, 1.82) is 0 Å². The van der Waals surface area contributed by atoms with Crippen molar-refractivity contribution < 1.29 is 28.8 Å². The standard InChI is InChI=1S/C17H22O6/c1-4-10-21-17-15(13(18)14(20-3)11(2)22-17)23-16(19)12-8-6-5-7-9-12/h4-9,11,13-15,17-18H,1,10H2,2-3H3/t11-,13+,14-,15+,17+/m0/s1. The Hall–Kier alpha value is -1.73. The zero-order valence-corrected chi connectivity index (χ0v) is 13.3. The molecule has 23 heavy (non-hydrogen) atoms. The number of aliphatic hydroxyl groups is 1. The molecule has 5 atom stereocenters. The SMILES string of the molecule is C=CCO[C@@H]1O[C@@H](C)[C@H](OC)[C@@H](O)[C@H]1OC(=O)c1ccccc1. The first-order valence-corrected chi connectivity index (χ1v) is 7.43. The van der Waals surface area contributed by atoms with E-state index in [0.717, 1.165) is 0 Å². The molecule has 1 aliphatic heterocycles. The molecule has 1 fully saturated rings. The van der Waals surface area contributed by atoms with E-state index in [2.05, 4.69) is 6.58 Å². The molecule has 0 unspecified atom stereocenters. The minimum absolute atomic E-state index is 0.209. The molecule has 1 aromatic rings. The van der Waals surface area contributed by atoms with Crippen molar-refractivity contribution in [2.24, 2.45) is 0 Å². The van der Waals surface area contributed by atoms with Crippen LogP contribution in [-0.4, -0.2) is 55.5 Å². The zero-order chi connectivity index (χ0) is 16.8. The van der Waals surface area contributed by atoms with Crippen LogP contribution in [0.3, 0.4) is 0 Å².